The molecule has 0 saturated carbocycles. The third kappa shape index (κ3) is 5.56. The van der Waals surface area contributed by atoms with E-state index in [2.05, 4.69) is 31.4 Å². The molecule has 2 amide bonds. The summed E-state index contributed by atoms with van der Waals surface area (Å²) in [6, 6.07) is 11.1. The second kappa shape index (κ2) is 8.32. The van der Waals surface area contributed by atoms with E-state index < -0.39 is 5.82 Å². The Morgan fingerprint density at radius 1 is 1.08 bits per heavy atom. The first-order valence-corrected chi connectivity index (χ1v) is 8.68. The standard InChI is InChI=1S/C20H22ClFN2O2/c1-20(2,3)14-6-4-13(5-7-14)19(26)23-11-10-18(25)24-17-9-8-15(22)12-16(17)21/h4-9,12H,10-11H2,1-3H3,(H,23,26)(H,24,25). The van der Waals surface area contributed by atoms with E-state index in [0.717, 1.165) is 11.6 Å². The summed E-state index contributed by atoms with van der Waals surface area (Å²) < 4.78 is 13.0. The van der Waals surface area contributed by atoms with Gasteiger partial charge in [-0.1, -0.05) is 44.5 Å². The van der Waals surface area contributed by atoms with E-state index in [1.54, 1.807) is 12.1 Å². The summed E-state index contributed by atoms with van der Waals surface area (Å²) in [5.74, 6) is -1.03. The fourth-order valence-electron chi connectivity index (χ4n) is 2.32. The number of anilines is 1. The molecule has 6 heteroatoms. The number of halogens is 2. The molecule has 0 bridgehead atoms. The maximum Gasteiger partial charge on any atom is 0.251 e. The summed E-state index contributed by atoms with van der Waals surface area (Å²) in [5, 5.41) is 5.42. The van der Waals surface area contributed by atoms with E-state index in [0.29, 0.717) is 11.3 Å². The molecule has 2 rings (SSSR count). The zero-order valence-corrected chi connectivity index (χ0v) is 15.8. The van der Waals surface area contributed by atoms with Crippen molar-refractivity contribution in [3.63, 3.8) is 0 Å². The Kier molecular flexibility index (Phi) is 6.37. The average molecular weight is 377 g/mol. The van der Waals surface area contributed by atoms with Crippen LogP contribution in [-0.2, 0) is 10.2 Å². The molecule has 0 heterocycles. The first-order valence-electron chi connectivity index (χ1n) is 8.30. The van der Waals surface area contributed by atoms with Crippen molar-refractivity contribution in [1.29, 1.82) is 0 Å². The maximum absolute atomic E-state index is 13.0. The van der Waals surface area contributed by atoms with Crippen molar-refractivity contribution in [2.24, 2.45) is 0 Å². The van der Waals surface area contributed by atoms with E-state index in [-0.39, 0.29) is 35.2 Å². The largest absolute Gasteiger partial charge is 0.352 e. The van der Waals surface area contributed by atoms with Gasteiger partial charge in [-0.3, -0.25) is 9.59 Å². The normalized spacial score (nSPS) is 11.1. The highest BCUT2D eigenvalue weighted by Crippen LogP contribution is 2.23. The van der Waals surface area contributed by atoms with Crippen molar-refractivity contribution in [2.45, 2.75) is 32.6 Å². The van der Waals surface area contributed by atoms with Crippen molar-refractivity contribution in [3.8, 4) is 0 Å². The zero-order chi connectivity index (χ0) is 19.3. The summed E-state index contributed by atoms with van der Waals surface area (Å²) in [6.45, 7) is 6.50. The van der Waals surface area contributed by atoms with E-state index in [4.69, 9.17) is 11.6 Å². The van der Waals surface area contributed by atoms with Gasteiger partial charge in [-0.2, -0.15) is 0 Å². The Morgan fingerprint density at radius 3 is 2.31 bits per heavy atom. The molecule has 0 aliphatic heterocycles. The highest BCUT2D eigenvalue weighted by atomic mass is 35.5. The van der Waals surface area contributed by atoms with Crippen molar-refractivity contribution < 1.29 is 14.0 Å². The number of benzene rings is 2. The highest BCUT2D eigenvalue weighted by Gasteiger charge is 2.14. The van der Waals surface area contributed by atoms with Crippen LogP contribution in [0.15, 0.2) is 42.5 Å². The minimum Gasteiger partial charge on any atom is -0.352 e. The highest BCUT2D eigenvalue weighted by molar-refractivity contribution is 6.33. The summed E-state index contributed by atoms with van der Waals surface area (Å²) in [6.07, 6.45) is 0.0829. The number of nitrogens with one attached hydrogen (secondary N) is 2. The van der Waals surface area contributed by atoms with Crippen LogP contribution in [0.4, 0.5) is 10.1 Å². The van der Waals surface area contributed by atoms with Crippen LogP contribution in [0.2, 0.25) is 5.02 Å². The van der Waals surface area contributed by atoms with Crippen LogP contribution in [0.25, 0.3) is 0 Å². The molecule has 0 spiro atoms. The van der Waals surface area contributed by atoms with Crippen LogP contribution in [0, 0.1) is 5.82 Å². The van der Waals surface area contributed by atoms with Gasteiger partial charge in [0.2, 0.25) is 5.91 Å². The molecule has 4 nitrogen and oxygen atoms in total. The average Bonchev–Trinajstić information content (AvgIpc) is 2.56. The van der Waals surface area contributed by atoms with Gasteiger partial charge in [-0.05, 0) is 41.3 Å². The van der Waals surface area contributed by atoms with Crippen molar-refractivity contribution in [1.82, 2.24) is 5.32 Å². The van der Waals surface area contributed by atoms with Gasteiger partial charge in [0.25, 0.3) is 5.91 Å². The maximum atomic E-state index is 13.0. The third-order valence-electron chi connectivity index (χ3n) is 3.86. The minimum absolute atomic E-state index is 0.0225. The molecule has 0 saturated heterocycles. The van der Waals surface area contributed by atoms with Gasteiger partial charge in [0, 0.05) is 18.5 Å². The van der Waals surface area contributed by atoms with Crippen molar-refractivity contribution in [3.05, 3.63) is 64.4 Å². The Labute approximate surface area is 157 Å². The van der Waals surface area contributed by atoms with Gasteiger partial charge in [0.05, 0.1) is 10.7 Å². The summed E-state index contributed by atoms with van der Waals surface area (Å²) in [5.41, 5.74) is 2.04. The zero-order valence-electron chi connectivity index (χ0n) is 15.0. The SMILES string of the molecule is CC(C)(C)c1ccc(C(=O)NCCC(=O)Nc2ccc(F)cc2Cl)cc1. The number of rotatable bonds is 5. The molecule has 138 valence electrons. The van der Waals surface area contributed by atoms with Crippen LogP contribution in [0.3, 0.4) is 0 Å². The fourth-order valence-corrected chi connectivity index (χ4v) is 2.53. The molecule has 2 aromatic rings. The van der Waals surface area contributed by atoms with Crippen LogP contribution in [0.1, 0.15) is 43.1 Å². The topological polar surface area (TPSA) is 58.2 Å². The second-order valence-corrected chi connectivity index (χ2v) is 7.41. The predicted octanol–water partition coefficient (Wildman–Crippen LogP) is 4.54. The Bertz CT molecular complexity index is 798. The molecule has 2 aromatic carbocycles. The molecule has 0 aromatic heterocycles. The molecule has 0 fully saturated rings. The van der Waals surface area contributed by atoms with Crippen LogP contribution < -0.4 is 10.6 Å². The number of hydrogen-bond donors (Lipinski definition) is 2. The fraction of sp³-hybridized carbons (Fsp3) is 0.300. The van der Waals surface area contributed by atoms with Gasteiger partial charge in [-0.25, -0.2) is 4.39 Å². The molecule has 2 N–H and O–H groups in total. The van der Waals surface area contributed by atoms with Gasteiger partial charge in [-0.15, -0.1) is 0 Å². The lowest BCUT2D eigenvalue weighted by Crippen LogP contribution is -2.27. The molecular formula is C20H22ClFN2O2. The molecule has 0 aliphatic carbocycles. The first kappa shape index (κ1) is 19.9. The van der Waals surface area contributed by atoms with Crippen LogP contribution in [0.5, 0.6) is 0 Å². The number of amides is 2. The molecule has 0 atom stereocenters. The Hall–Kier alpha value is -2.40. The third-order valence-corrected chi connectivity index (χ3v) is 4.17. The summed E-state index contributed by atoms with van der Waals surface area (Å²) >= 11 is 5.86. The number of hydrogen-bond acceptors (Lipinski definition) is 2. The molecule has 0 radical (unpaired) electrons. The van der Waals surface area contributed by atoms with E-state index in [9.17, 15) is 14.0 Å². The van der Waals surface area contributed by atoms with Gasteiger partial charge in [0.15, 0.2) is 0 Å². The minimum atomic E-state index is -0.474. The monoisotopic (exact) mass is 376 g/mol. The lowest BCUT2D eigenvalue weighted by Gasteiger charge is -2.19. The van der Waals surface area contributed by atoms with Crippen LogP contribution >= 0.6 is 11.6 Å². The lowest BCUT2D eigenvalue weighted by atomic mass is 9.87. The molecule has 0 unspecified atom stereocenters. The van der Waals surface area contributed by atoms with Gasteiger partial charge in [0.1, 0.15) is 5.82 Å². The Balaban J connectivity index is 1.83. The van der Waals surface area contributed by atoms with E-state index >= 15 is 0 Å². The molecular weight excluding hydrogens is 355 g/mol. The summed E-state index contributed by atoms with van der Waals surface area (Å²) in [7, 11) is 0. The number of carbonyl (C=O) groups is 2. The number of carbonyl (C=O) groups excluding carboxylic acids is 2. The van der Waals surface area contributed by atoms with E-state index in [1.807, 2.05) is 12.1 Å². The van der Waals surface area contributed by atoms with E-state index in [1.165, 1.54) is 12.1 Å². The smallest absolute Gasteiger partial charge is 0.251 e. The Morgan fingerprint density at radius 2 is 1.73 bits per heavy atom. The predicted molar refractivity (Wildman–Crippen MR) is 102 cm³/mol. The first-order chi connectivity index (χ1) is 12.2. The second-order valence-electron chi connectivity index (χ2n) is 7.01. The molecule has 0 aliphatic rings. The van der Waals surface area contributed by atoms with Crippen molar-refractivity contribution in [2.75, 3.05) is 11.9 Å². The van der Waals surface area contributed by atoms with Crippen LogP contribution in [-0.4, -0.2) is 18.4 Å². The van der Waals surface area contributed by atoms with Gasteiger partial charge < -0.3 is 10.6 Å². The molecule has 26 heavy (non-hydrogen) atoms. The van der Waals surface area contributed by atoms with Gasteiger partial charge >= 0.3 is 0 Å². The quantitative estimate of drug-likeness (QED) is 0.805. The van der Waals surface area contributed by atoms with Crippen molar-refractivity contribution >= 4 is 29.1 Å². The summed E-state index contributed by atoms with van der Waals surface area (Å²) in [4.78, 5) is 24.0. The lowest BCUT2D eigenvalue weighted by molar-refractivity contribution is -0.116.